The molecule has 1 saturated heterocycles. The maximum absolute atomic E-state index is 13.6. The Labute approximate surface area is 163 Å². The van der Waals surface area contributed by atoms with Crippen molar-refractivity contribution < 1.29 is 17.2 Å². The zero-order chi connectivity index (χ0) is 17.6. The lowest BCUT2D eigenvalue weighted by Gasteiger charge is -2.21. The van der Waals surface area contributed by atoms with E-state index in [1.165, 1.54) is 12.8 Å². The number of halogens is 3. The molecule has 0 spiro atoms. The molecule has 2 rings (SSSR count). The number of guanidine groups is 1. The third-order valence-electron chi connectivity index (χ3n) is 3.79. The second-order valence-corrected chi connectivity index (χ2v) is 7.35. The fourth-order valence-corrected chi connectivity index (χ4v) is 3.60. The quantitative estimate of drug-likeness (QED) is 0.288. The highest BCUT2D eigenvalue weighted by molar-refractivity contribution is 14.0. The Morgan fingerprint density at radius 1 is 1.20 bits per heavy atom. The second kappa shape index (κ2) is 10.2. The topological polar surface area (TPSA) is 87.8 Å². The van der Waals surface area contributed by atoms with Gasteiger partial charge in [0.2, 0.25) is 10.0 Å². The molecule has 1 aromatic rings. The van der Waals surface area contributed by atoms with Crippen LogP contribution in [0.25, 0.3) is 0 Å². The molecule has 0 aliphatic carbocycles. The molecular weight excluding hydrogens is 465 g/mol. The molecule has 1 heterocycles. The molecule has 0 bridgehead atoms. The minimum absolute atomic E-state index is 0. The van der Waals surface area contributed by atoms with Crippen molar-refractivity contribution in [1.82, 2.24) is 9.62 Å². The fraction of sp³-hybridized carbons (Fsp3) is 0.533. The van der Waals surface area contributed by atoms with Gasteiger partial charge in [-0.15, -0.1) is 24.0 Å². The number of aliphatic imine (C=N–C) groups is 1. The fourth-order valence-electron chi connectivity index (χ4n) is 2.52. The van der Waals surface area contributed by atoms with Crippen LogP contribution in [0.15, 0.2) is 28.1 Å². The Bertz CT molecular complexity index is 693. The van der Waals surface area contributed by atoms with E-state index in [1.54, 1.807) is 0 Å². The number of nitrogens with zero attached hydrogens (tertiary/aromatic N) is 2. The summed E-state index contributed by atoms with van der Waals surface area (Å²) in [6, 6.07) is 2.32. The first-order valence-electron chi connectivity index (χ1n) is 7.90. The molecule has 0 unspecified atom stereocenters. The van der Waals surface area contributed by atoms with E-state index in [1.807, 2.05) is 4.90 Å². The molecule has 10 heteroatoms. The molecule has 0 aromatic heterocycles. The van der Waals surface area contributed by atoms with Crippen LogP contribution in [-0.4, -0.2) is 45.5 Å². The van der Waals surface area contributed by atoms with Crippen LogP contribution in [0.3, 0.4) is 0 Å². The number of nitrogens with one attached hydrogen (secondary N) is 1. The zero-order valence-corrected chi connectivity index (χ0v) is 16.9. The molecule has 1 fully saturated rings. The molecule has 0 atom stereocenters. The minimum Gasteiger partial charge on any atom is -0.370 e. The Hall–Kier alpha value is -1.01. The lowest BCUT2D eigenvalue weighted by atomic mass is 10.2. The summed E-state index contributed by atoms with van der Waals surface area (Å²) in [6.45, 7) is 1.82. The van der Waals surface area contributed by atoms with Gasteiger partial charge < -0.3 is 10.6 Å². The van der Waals surface area contributed by atoms with E-state index in [2.05, 4.69) is 9.71 Å². The summed E-state index contributed by atoms with van der Waals surface area (Å²) in [7, 11) is -4.05. The van der Waals surface area contributed by atoms with Crippen molar-refractivity contribution in [3.8, 4) is 0 Å². The third kappa shape index (κ3) is 6.66. The van der Waals surface area contributed by atoms with Gasteiger partial charge in [-0.3, -0.25) is 4.99 Å². The van der Waals surface area contributed by atoms with E-state index in [9.17, 15) is 17.2 Å². The molecule has 1 aliphatic rings. The lowest BCUT2D eigenvalue weighted by Crippen LogP contribution is -2.38. The highest BCUT2D eigenvalue weighted by Gasteiger charge is 2.19. The second-order valence-electron chi connectivity index (χ2n) is 5.61. The average Bonchev–Trinajstić information content (AvgIpc) is 2.80. The number of hydrogen-bond donors (Lipinski definition) is 2. The predicted molar refractivity (Wildman–Crippen MR) is 103 cm³/mol. The molecule has 142 valence electrons. The van der Waals surface area contributed by atoms with Gasteiger partial charge in [-0.2, -0.15) is 0 Å². The number of nitrogens with two attached hydrogens (primary N) is 1. The molecule has 0 amide bonds. The Morgan fingerprint density at radius 2 is 1.84 bits per heavy atom. The SMILES string of the molecule is I.NC(=NCCNS(=O)(=O)c1ccc(F)cc1F)N1CCCCCC1. The van der Waals surface area contributed by atoms with E-state index in [-0.39, 0.29) is 37.1 Å². The van der Waals surface area contributed by atoms with Crippen LogP contribution in [0.2, 0.25) is 0 Å². The zero-order valence-electron chi connectivity index (χ0n) is 13.7. The average molecular weight is 488 g/mol. The smallest absolute Gasteiger partial charge is 0.243 e. The van der Waals surface area contributed by atoms with Crippen molar-refractivity contribution in [2.75, 3.05) is 26.2 Å². The van der Waals surface area contributed by atoms with Gasteiger partial charge in [0.1, 0.15) is 16.5 Å². The van der Waals surface area contributed by atoms with Crippen LogP contribution < -0.4 is 10.5 Å². The minimum atomic E-state index is -4.05. The maximum Gasteiger partial charge on any atom is 0.243 e. The summed E-state index contributed by atoms with van der Waals surface area (Å²) in [5.41, 5.74) is 5.92. The van der Waals surface area contributed by atoms with Crippen LogP contribution in [0, 0.1) is 11.6 Å². The first-order chi connectivity index (χ1) is 11.4. The third-order valence-corrected chi connectivity index (χ3v) is 5.29. The molecule has 25 heavy (non-hydrogen) atoms. The molecule has 6 nitrogen and oxygen atoms in total. The van der Waals surface area contributed by atoms with Gasteiger partial charge in [0.05, 0.1) is 6.54 Å². The largest absolute Gasteiger partial charge is 0.370 e. The van der Waals surface area contributed by atoms with Crippen LogP contribution >= 0.6 is 24.0 Å². The van der Waals surface area contributed by atoms with Gasteiger partial charge >= 0.3 is 0 Å². The van der Waals surface area contributed by atoms with Gasteiger partial charge in [-0.1, -0.05) is 12.8 Å². The summed E-state index contributed by atoms with van der Waals surface area (Å²) < 4.78 is 52.6. The van der Waals surface area contributed by atoms with Gasteiger partial charge in [-0.25, -0.2) is 21.9 Å². The molecule has 0 radical (unpaired) electrons. The standard InChI is InChI=1S/C15H22F2N4O2S.HI/c16-12-5-6-14(13(17)11-12)24(22,23)20-8-7-19-15(18)21-9-3-1-2-4-10-21;/h5-6,11,20H,1-4,7-10H2,(H2,18,19);1H. The Morgan fingerprint density at radius 3 is 2.44 bits per heavy atom. The van der Waals surface area contributed by atoms with Gasteiger partial charge in [0, 0.05) is 25.7 Å². The van der Waals surface area contributed by atoms with Crippen molar-refractivity contribution in [2.24, 2.45) is 10.7 Å². The monoisotopic (exact) mass is 488 g/mol. The Kier molecular flexibility index (Phi) is 9.00. The van der Waals surface area contributed by atoms with Crippen molar-refractivity contribution >= 4 is 40.0 Å². The van der Waals surface area contributed by atoms with Crippen molar-refractivity contribution in [3.63, 3.8) is 0 Å². The van der Waals surface area contributed by atoms with E-state index in [4.69, 9.17) is 5.73 Å². The Balaban J connectivity index is 0.00000312. The number of hydrogen-bond acceptors (Lipinski definition) is 3. The molecule has 1 aliphatic heterocycles. The predicted octanol–water partition coefficient (Wildman–Crippen LogP) is 2.05. The van der Waals surface area contributed by atoms with Crippen molar-refractivity contribution in [2.45, 2.75) is 30.6 Å². The number of rotatable bonds is 5. The van der Waals surface area contributed by atoms with E-state index in [0.717, 1.165) is 38.1 Å². The molecule has 1 aromatic carbocycles. The van der Waals surface area contributed by atoms with Crippen molar-refractivity contribution in [1.29, 1.82) is 0 Å². The highest BCUT2D eigenvalue weighted by atomic mass is 127. The van der Waals surface area contributed by atoms with Crippen LogP contribution in [0.4, 0.5) is 8.78 Å². The number of sulfonamides is 1. The van der Waals surface area contributed by atoms with Crippen molar-refractivity contribution in [3.05, 3.63) is 29.8 Å². The summed E-state index contributed by atoms with van der Waals surface area (Å²) in [4.78, 5) is 5.56. The normalized spacial score (nSPS) is 16.2. The van der Waals surface area contributed by atoms with Gasteiger partial charge in [0.15, 0.2) is 5.96 Å². The van der Waals surface area contributed by atoms with E-state index in [0.29, 0.717) is 12.0 Å². The lowest BCUT2D eigenvalue weighted by molar-refractivity contribution is 0.428. The molecular formula is C15H23F2IN4O2S. The van der Waals surface area contributed by atoms with Crippen LogP contribution in [-0.2, 0) is 10.0 Å². The number of benzene rings is 1. The van der Waals surface area contributed by atoms with E-state index >= 15 is 0 Å². The summed E-state index contributed by atoms with van der Waals surface area (Å²) >= 11 is 0. The first-order valence-corrected chi connectivity index (χ1v) is 9.38. The highest BCUT2D eigenvalue weighted by Crippen LogP contribution is 2.15. The van der Waals surface area contributed by atoms with Gasteiger partial charge in [0.25, 0.3) is 0 Å². The molecule has 0 saturated carbocycles. The maximum atomic E-state index is 13.6. The van der Waals surface area contributed by atoms with E-state index < -0.39 is 26.6 Å². The summed E-state index contributed by atoms with van der Waals surface area (Å²) in [5.74, 6) is -1.57. The summed E-state index contributed by atoms with van der Waals surface area (Å²) in [6.07, 6.45) is 4.47. The molecule has 3 N–H and O–H groups in total. The van der Waals surface area contributed by atoms with Gasteiger partial charge in [-0.05, 0) is 25.0 Å². The van der Waals surface area contributed by atoms with Crippen LogP contribution in [0.1, 0.15) is 25.7 Å². The van der Waals surface area contributed by atoms with Crippen LogP contribution in [0.5, 0.6) is 0 Å². The first kappa shape index (κ1) is 22.0. The number of likely N-dealkylation sites (tertiary alicyclic amines) is 1. The summed E-state index contributed by atoms with van der Waals surface area (Å²) in [5, 5.41) is 0.